The predicted octanol–water partition coefficient (Wildman–Crippen LogP) is 3.78. The number of benzene rings is 2. The number of sulfonamides is 1. The van der Waals surface area contributed by atoms with E-state index >= 15 is 0 Å². The van der Waals surface area contributed by atoms with Crippen molar-refractivity contribution >= 4 is 15.9 Å². The van der Waals surface area contributed by atoms with Crippen LogP contribution in [0.15, 0.2) is 53.4 Å². The molecule has 1 amide bonds. The van der Waals surface area contributed by atoms with Crippen LogP contribution < -0.4 is 0 Å². The summed E-state index contributed by atoms with van der Waals surface area (Å²) in [4.78, 5) is 13.9. The first-order valence-electron chi connectivity index (χ1n) is 10.1. The van der Waals surface area contributed by atoms with E-state index in [2.05, 4.69) is 0 Å². The Morgan fingerprint density at radius 3 is 2.19 bits per heavy atom. The van der Waals surface area contributed by atoms with Crippen LogP contribution in [0.1, 0.15) is 35.3 Å². The molecule has 6 nitrogen and oxygen atoms in total. The molecule has 2 aromatic rings. The number of rotatable bonds is 5. The lowest BCUT2D eigenvalue weighted by Crippen LogP contribution is -2.48. The minimum absolute atomic E-state index is 0.0226. The largest absolute Gasteiger partial charge is 0.416 e. The minimum Gasteiger partial charge on any atom is -0.373 e. The zero-order valence-electron chi connectivity index (χ0n) is 18.0. The molecule has 1 heterocycles. The molecule has 1 aliphatic rings. The number of hydrogen-bond acceptors (Lipinski definition) is 4. The van der Waals surface area contributed by atoms with Crippen molar-refractivity contribution in [3.63, 3.8) is 0 Å². The van der Waals surface area contributed by atoms with Crippen LogP contribution in [-0.4, -0.2) is 55.9 Å². The van der Waals surface area contributed by atoms with Gasteiger partial charge in [0.15, 0.2) is 0 Å². The second-order valence-electron chi connectivity index (χ2n) is 7.92. The van der Waals surface area contributed by atoms with Crippen molar-refractivity contribution in [2.75, 3.05) is 20.1 Å². The topological polar surface area (TPSA) is 66.9 Å². The summed E-state index contributed by atoms with van der Waals surface area (Å²) < 4.78 is 72.4. The third-order valence-corrected chi connectivity index (χ3v) is 7.05. The van der Waals surface area contributed by atoms with Gasteiger partial charge in [-0.2, -0.15) is 17.5 Å². The van der Waals surface area contributed by atoms with Crippen LogP contribution in [0.3, 0.4) is 0 Å². The molecule has 0 radical (unpaired) electrons. The van der Waals surface area contributed by atoms with E-state index in [1.807, 2.05) is 0 Å². The van der Waals surface area contributed by atoms with Gasteiger partial charge in [-0.15, -0.1) is 0 Å². The van der Waals surface area contributed by atoms with Crippen molar-refractivity contribution in [3.05, 3.63) is 65.2 Å². The molecule has 1 saturated heterocycles. The van der Waals surface area contributed by atoms with Gasteiger partial charge in [-0.3, -0.25) is 4.79 Å². The van der Waals surface area contributed by atoms with Crippen molar-refractivity contribution in [3.8, 4) is 0 Å². The molecule has 32 heavy (non-hydrogen) atoms. The van der Waals surface area contributed by atoms with Crippen LogP contribution in [0.4, 0.5) is 13.2 Å². The lowest BCUT2D eigenvalue weighted by molar-refractivity contribution is -0.138. The predicted molar refractivity (Wildman–Crippen MR) is 112 cm³/mol. The first kappa shape index (κ1) is 24.2. The van der Waals surface area contributed by atoms with Crippen molar-refractivity contribution in [1.29, 1.82) is 0 Å². The molecule has 0 N–H and O–H groups in total. The van der Waals surface area contributed by atoms with Crippen molar-refractivity contribution in [1.82, 2.24) is 9.21 Å². The summed E-state index contributed by atoms with van der Waals surface area (Å²) in [6, 6.07) is 10.5. The second-order valence-corrected chi connectivity index (χ2v) is 9.86. The Morgan fingerprint density at radius 1 is 1.06 bits per heavy atom. The Hall–Kier alpha value is -2.43. The van der Waals surface area contributed by atoms with E-state index in [-0.39, 0.29) is 47.9 Å². The van der Waals surface area contributed by atoms with Crippen molar-refractivity contribution in [2.24, 2.45) is 0 Å². The summed E-state index contributed by atoms with van der Waals surface area (Å²) in [5.41, 5.74) is -0.639. The van der Waals surface area contributed by atoms with Gasteiger partial charge in [-0.25, -0.2) is 8.42 Å². The molecular formula is C22H25F3N2O4S. The molecule has 1 fully saturated rings. The van der Waals surface area contributed by atoms with Crippen LogP contribution in [-0.2, 0) is 27.5 Å². The van der Waals surface area contributed by atoms with Gasteiger partial charge in [0, 0.05) is 32.2 Å². The number of morpholine rings is 1. The maximum atomic E-state index is 13.2. The van der Waals surface area contributed by atoms with Gasteiger partial charge in [0.2, 0.25) is 10.0 Å². The Labute approximate surface area is 185 Å². The smallest absolute Gasteiger partial charge is 0.373 e. The first-order chi connectivity index (χ1) is 14.9. The summed E-state index contributed by atoms with van der Waals surface area (Å²) in [6.45, 7) is 3.82. The number of alkyl halides is 3. The van der Waals surface area contributed by atoms with Crippen molar-refractivity contribution in [2.45, 2.75) is 43.7 Å². The molecular weight excluding hydrogens is 445 g/mol. The van der Waals surface area contributed by atoms with Gasteiger partial charge in [0.1, 0.15) is 0 Å². The van der Waals surface area contributed by atoms with Gasteiger partial charge in [0.05, 0.1) is 22.7 Å². The molecule has 0 aliphatic carbocycles. The maximum Gasteiger partial charge on any atom is 0.416 e. The molecule has 0 saturated carbocycles. The fraction of sp³-hybridized carbons (Fsp3) is 0.409. The van der Waals surface area contributed by atoms with E-state index < -0.39 is 27.7 Å². The molecule has 0 bridgehead atoms. The Bertz CT molecular complexity index is 1060. The van der Waals surface area contributed by atoms with Crippen LogP contribution in [0, 0.1) is 0 Å². The number of amides is 1. The van der Waals surface area contributed by atoms with Crippen LogP contribution in [0.2, 0.25) is 0 Å². The van der Waals surface area contributed by atoms with E-state index in [0.717, 1.165) is 6.07 Å². The number of carbonyl (C=O) groups is 1. The normalized spacial score (nSPS) is 20.2. The summed E-state index contributed by atoms with van der Waals surface area (Å²) in [7, 11) is -2.36. The standard InChI is InChI=1S/C22H25F3N2O4S/c1-15-12-27(13-16(2)31-15)32(29,30)19-10-8-17(9-11-19)21(28)26(3)14-18-6-4-5-7-20(18)22(23,24)25/h4-11,15-16H,12-14H2,1-3H3. The maximum absolute atomic E-state index is 13.2. The highest BCUT2D eigenvalue weighted by molar-refractivity contribution is 7.89. The molecule has 2 aromatic carbocycles. The molecule has 0 aromatic heterocycles. The number of halogens is 3. The van der Waals surface area contributed by atoms with Crippen LogP contribution >= 0.6 is 0 Å². The highest BCUT2D eigenvalue weighted by Gasteiger charge is 2.34. The monoisotopic (exact) mass is 470 g/mol. The molecule has 0 spiro atoms. The second kappa shape index (κ2) is 9.21. The van der Waals surface area contributed by atoms with Gasteiger partial charge < -0.3 is 9.64 Å². The number of nitrogens with zero attached hydrogens (tertiary/aromatic N) is 2. The summed E-state index contributed by atoms with van der Waals surface area (Å²) in [5.74, 6) is -0.514. The number of ether oxygens (including phenoxy) is 1. The summed E-state index contributed by atoms with van der Waals surface area (Å²) in [6.07, 6.45) is -4.99. The zero-order chi connectivity index (χ0) is 23.7. The van der Waals surface area contributed by atoms with E-state index in [0.29, 0.717) is 0 Å². The van der Waals surface area contributed by atoms with E-state index in [4.69, 9.17) is 4.74 Å². The quantitative estimate of drug-likeness (QED) is 0.667. The molecule has 10 heteroatoms. The lowest BCUT2D eigenvalue weighted by atomic mass is 10.1. The average molecular weight is 471 g/mol. The van der Waals surface area contributed by atoms with E-state index in [1.54, 1.807) is 13.8 Å². The molecule has 2 unspecified atom stereocenters. The molecule has 3 rings (SSSR count). The number of hydrogen-bond donors (Lipinski definition) is 0. The van der Waals surface area contributed by atoms with E-state index in [1.165, 1.54) is 58.7 Å². The van der Waals surface area contributed by atoms with Crippen LogP contribution in [0.5, 0.6) is 0 Å². The van der Waals surface area contributed by atoms with Gasteiger partial charge in [-0.1, -0.05) is 18.2 Å². The summed E-state index contributed by atoms with van der Waals surface area (Å²) >= 11 is 0. The average Bonchev–Trinajstić information content (AvgIpc) is 2.72. The number of carbonyl (C=O) groups excluding carboxylic acids is 1. The van der Waals surface area contributed by atoms with Gasteiger partial charge >= 0.3 is 6.18 Å². The molecule has 1 aliphatic heterocycles. The summed E-state index contributed by atoms with van der Waals surface area (Å²) in [5, 5.41) is 0. The highest BCUT2D eigenvalue weighted by Crippen LogP contribution is 2.32. The van der Waals surface area contributed by atoms with E-state index in [9.17, 15) is 26.4 Å². The van der Waals surface area contributed by atoms with Gasteiger partial charge in [-0.05, 0) is 49.7 Å². The third-order valence-electron chi connectivity index (χ3n) is 5.20. The highest BCUT2D eigenvalue weighted by atomic mass is 32.2. The Kier molecular flexibility index (Phi) is 6.97. The van der Waals surface area contributed by atoms with Gasteiger partial charge in [0.25, 0.3) is 5.91 Å². The first-order valence-corrected chi connectivity index (χ1v) is 11.5. The fourth-order valence-corrected chi connectivity index (χ4v) is 5.32. The lowest BCUT2D eigenvalue weighted by Gasteiger charge is -2.34. The molecule has 2 atom stereocenters. The Balaban J connectivity index is 1.75. The third kappa shape index (κ3) is 5.31. The van der Waals surface area contributed by atoms with Crippen LogP contribution in [0.25, 0.3) is 0 Å². The van der Waals surface area contributed by atoms with Crippen molar-refractivity contribution < 1.29 is 31.1 Å². The fourth-order valence-electron chi connectivity index (χ4n) is 3.73. The minimum atomic E-state index is -4.52. The zero-order valence-corrected chi connectivity index (χ0v) is 18.8. The molecule has 174 valence electrons. The SMILES string of the molecule is CC1CN(S(=O)(=O)c2ccc(C(=O)N(C)Cc3ccccc3C(F)(F)F)cc2)CC(C)O1. The Morgan fingerprint density at radius 2 is 1.62 bits per heavy atom.